The van der Waals surface area contributed by atoms with E-state index in [0.29, 0.717) is 6.04 Å². The van der Waals surface area contributed by atoms with Crippen molar-refractivity contribution in [2.45, 2.75) is 52.4 Å². The van der Waals surface area contributed by atoms with Crippen molar-refractivity contribution in [1.29, 1.82) is 0 Å². The monoisotopic (exact) mass is 230 g/mol. The van der Waals surface area contributed by atoms with Gasteiger partial charge in [0.1, 0.15) is 0 Å². The standard InChI is InChI=1S/C11H22N2OS/c1-5-15-7-6-8(2)13-10(4)12-9(3)11(13)14/h8-10,12H,5-7H2,1-4H3. The van der Waals surface area contributed by atoms with Crippen molar-refractivity contribution in [3.63, 3.8) is 0 Å². The highest BCUT2D eigenvalue weighted by Gasteiger charge is 2.35. The van der Waals surface area contributed by atoms with Crippen LogP contribution in [0.4, 0.5) is 0 Å². The number of carbonyl (C=O) groups is 1. The van der Waals surface area contributed by atoms with Gasteiger partial charge in [-0.3, -0.25) is 10.1 Å². The van der Waals surface area contributed by atoms with E-state index in [4.69, 9.17) is 0 Å². The first kappa shape index (κ1) is 12.8. The summed E-state index contributed by atoms with van der Waals surface area (Å²) >= 11 is 1.94. The van der Waals surface area contributed by atoms with E-state index in [2.05, 4.69) is 26.1 Å². The summed E-state index contributed by atoms with van der Waals surface area (Å²) in [7, 11) is 0. The lowest BCUT2D eigenvalue weighted by molar-refractivity contribution is -0.131. The van der Waals surface area contributed by atoms with Crippen molar-refractivity contribution < 1.29 is 4.79 Å². The van der Waals surface area contributed by atoms with Gasteiger partial charge in [-0.15, -0.1) is 0 Å². The summed E-state index contributed by atoms with van der Waals surface area (Å²) in [5.41, 5.74) is 0. The molecule has 4 heteroatoms. The van der Waals surface area contributed by atoms with Crippen molar-refractivity contribution in [2.75, 3.05) is 11.5 Å². The topological polar surface area (TPSA) is 32.3 Å². The zero-order valence-corrected chi connectivity index (χ0v) is 10.9. The zero-order chi connectivity index (χ0) is 11.4. The Labute approximate surface area is 97.0 Å². The van der Waals surface area contributed by atoms with Gasteiger partial charge in [0.2, 0.25) is 5.91 Å². The van der Waals surface area contributed by atoms with Gasteiger partial charge >= 0.3 is 0 Å². The second kappa shape index (κ2) is 5.75. The fraction of sp³-hybridized carbons (Fsp3) is 0.909. The van der Waals surface area contributed by atoms with Crippen LogP contribution in [0.2, 0.25) is 0 Å². The van der Waals surface area contributed by atoms with E-state index >= 15 is 0 Å². The van der Waals surface area contributed by atoms with E-state index in [1.54, 1.807) is 0 Å². The summed E-state index contributed by atoms with van der Waals surface area (Å²) in [6, 6.07) is 0.338. The summed E-state index contributed by atoms with van der Waals surface area (Å²) in [5.74, 6) is 2.55. The van der Waals surface area contributed by atoms with Crippen LogP contribution in [0, 0.1) is 0 Å². The van der Waals surface area contributed by atoms with E-state index < -0.39 is 0 Å². The molecule has 15 heavy (non-hydrogen) atoms. The lowest BCUT2D eigenvalue weighted by Gasteiger charge is -2.28. The van der Waals surface area contributed by atoms with Crippen molar-refractivity contribution >= 4 is 17.7 Å². The van der Waals surface area contributed by atoms with Crippen LogP contribution >= 0.6 is 11.8 Å². The van der Waals surface area contributed by atoms with Crippen LogP contribution in [-0.4, -0.2) is 40.6 Å². The lowest BCUT2D eigenvalue weighted by atomic mass is 10.2. The maximum Gasteiger partial charge on any atom is 0.240 e. The maximum absolute atomic E-state index is 11.8. The molecular formula is C11H22N2OS. The Morgan fingerprint density at radius 2 is 2.20 bits per heavy atom. The van der Waals surface area contributed by atoms with Crippen molar-refractivity contribution in [3.8, 4) is 0 Å². The Morgan fingerprint density at radius 1 is 1.53 bits per heavy atom. The number of amides is 1. The predicted octanol–water partition coefficient (Wildman–Crippen LogP) is 1.68. The van der Waals surface area contributed by atoms with Gasteiger partial charge in [0.15, 0.2) is 0 Å². The second-order valence-corrected chi connectivity index (χ2v) is 5.54. The van der Waals surface area contributed by atoms with Crippen molar-refractivity contribution in [1.82, 2.24) is 10.2 Å². The average Bonchev–Trinajstić information content (AvgIpc) is 2.41. The molecule has 1 rings (SSSR count). The molecule has 0 aromatic heterocycles. The molecule has 1 aliphatic heterocycles. The molecule has 1 heterocycles. The number of nitrogens with zero attached hydrogens (tertiary/aromatic N) is 1. The minimum atomic E-state index is -0.0127. The SMILES string of the molecule is CCSCCC(C)N1C(=O)C(C)NC1C. The number of rotatable bonds is 5. The Balaban J connectivity index is 2.44. The van der Waals surface area contributed by atoms with Gasteiger partial charge in [0.05, 0.1) is 12.2 Å². The Hall–Kier alpha value is -0.220. The first-order chi connectivity index (χ1) is 7.07. The first-order valence-electron chi connectivity index (χ1n) is 5.73. The third-order valence-electron chi connectivity index (χ3n) is 2.89. The smallest absolute Gasteiger partial charge is 0.240 e. The summed E-state index contributed by atoms with van der Waals surface area (Å²) in [4.78, 5) is 13.8. The molecular weight excluding hydrogens is 208 g/mol. The molecule has 1 aliphatic rings. The van der Waals surface area contributed by atoms with Gasteiger partial charge in [-0.05, 0) is 38.7 Å². The van der Waals surface area contributed by atoms with Crippen LogP contribution in [0.1, 0.15) is 34.1 Å². The Kier molecular flexibility index (Phi) is 4.93. The molecule has 0 saturated carbocycles. The Morgan fingerprint density at radius 3 is 2.67 bits per heavy atom. The molecule has 0 radical (unpaired) electrons. The van der Waals surface area contributed by atoms with Crippen LogP contribution in [0.15, 0.2) is 0 Å². The molecule has 0 spiro atoms. The normalized spacial score (nSPS) is 28.5. The molecule has 0 bridgehead atoms. The molecule has 0 aliphatic carbocycles. The third kappa shape index (κ3) is 3.11. The van der Waals surface area contributed by atoms with Gasteiger partial charge in [-0.2, -0.15) is 11.8 Å². The van der Waals surface area contributed by atoms with Crippen molar-refractivity contribution in [3.05, 3.63) is 0 Å². The summed E-state index contributed by atoms with van der Waals surface area (Å²) in [6.07, 6.45) is 1.28. The van der Waals surface area contributed by atoms with Gasteiger partial charge in [0, 0.05) is 6.04 Å². The van der Waals surface area contributed by atoms with Gasteiger partial charge in [-0.25, -0.2) is 0 Å². The third-order valence-corrected chi connectivity index (χ3v) is 3.82. The van der Waals surface area contributed by atoms with Gasteiger partial charge < -0.3 is 4.90 Å². The molecule has 1 saturated heterocycles. The van der Waals surface area contributed by atoms with Crippen molar-refractivity contribution in [2.24, 2.45) is 0 Å². The van der Waals surface area contributed by atoms with Gasteiger partial charge in [-0.1, -0.05) is 6.92 Å². The molecule has 0 aromatic rings. The second-order valence-electron chi connectivity index (χ2n) is 4.14. The van der Waals surface area contributed by atoms with E-state index in [-0.39, 0.29) is 18.1 Å². The minimum Gasteiger partial charge on any atom is -0.323 e. The molecule has 3 nitrogen and oxygen atoms in total. The van der Waals surface area contributed by atoms with Crippen LogP contribution in [0.3, 0.4) is 0 Å². The predicted molar refractivity (Wildman–Crippen MR) is 66.0 cm³/mol. The quantitative estimate of drug-likeness (QED) is 0.729. The first-order valence-corrected chi connectivity index (χ1v) is 6.89. The van der Waals surface area contributed by atoms with E-state index in [1.165, 1.54) is 0 Å². The maximum atomic E-state index is 11.8. The highest BCUT2D eigenvalue weighted by atomic mass is 32.2. The zero-order valence-electron chi connectivity index (χ0n) is 10.1. The average molecular weight is 230 g/mol. The Bertz CT molecular complexity index is 223. The largest absolute Gasteiger partial charge is 0.323 e. The highest BCUT2D eigenvalue weighted by Crippen LogP contribution is 2.17. The highest BCUT2D eigenvalue weighted by molar-refractivity contribution is 7.99. The van der Waals surface area contributed by atoms with E-state index in [0.717, 1.165) is 17.9 Å². The fourth-order valence-electron chi connectivity index (χ4n) is 2.06. The number of thioether (sulfide) groups is 1. The summed E-state index contributed by atoms with van der Waals surface area (Å²) < 4.78 is 0. The lowest BCUT2D eigenvalue weighted by Crippen LogP contribution is -2.41. The summed E-state index contributed by atoms with van der Waals surface area (Å²) in [6.45, 7) is 8.31. The molecule has 1 fully saturated rings. The number of hydrogen-bond donors (Lipinski definition) is 1. The number of hydrogen-bond acceptors (Lipinski definition) is 3. The minimum absolute atomic E-state index is 0.0127. The van der Waals surface area contributed by atoms with Crippen LogP contribution in [-0.2, 0) is 4.79 Å². The summed E-state index contributed by atoms with van der Waals surface area (Å²) in [5, 5.41) is 3.26. The number of nitrogens with one attached hydrogen (secondary N) is 1. The molecule has 1 amide bonds. The molecule has 1 N–H and O–H groups in total. The molecule has 3 atom stereocenters. The van der Waals surface area contributed by atoms with Gasteiger partial charge in [0.25, 0.3) is 0 Å². The van der Waals surface area contributed by atoms with Crippen LogP contribution < -0.4 is 5.32 Å². The van der Waals surface area contributed by atoms with Crippen LogP contribution in [0.5, 0.6) is 0 Å². The fourth-order valence-corrected chi connectivity index (χ4v) is 2.86. The molecule has 3 unspecified atom stereocenters. The molecule has 88 valence electrons. The van der Waals surface area contributed by atoms with Crippen LogP contribution in [0.25, 0.3) is 0 Å². The van der Waals surface area contributed by atoms with E-state index in [9.17, 15) is 4.79 Å². The number of carbonyl (C=O) groups excluding carboxylic acids is 1. The molecule has 0 aromatic carbocycles. The van der Waals surface area contributed by atoms with E-state index in [1.807, 2.05) is 23.6 Å².